The number of sulfonamides is 1. The average molecular weight is 283 g/mol. The minimum Gasteiger partial charge on any atom is -0.392 e. The van der Waals surface area contributed by atoms with Crippen molar-refractivity contribution in [3.63, 3.8) is 0 Å². The minimum atomic E-state index is -3.58. The number of benzene rings is 1. The summed E-state index contributed by atoms with van der Waals surface area (Å²) in [6.07, 6.45) is 0. The van der Waals surface area contributed by atoms with Gasteiger partial charge in [-0.05, 0) is 34.0 Å². The minimum absolute atomic E-state index is 0.128. The molecule has 18 heavy (non-hydrogen) atoms. The maximum atomic E-state index is 12.1. The van der Waals surface area contributed by atoms with Crippen molar-refractivity contribution >= 4 is 21.4 Å². The topological polar surface area (TPSA) is 66.4 Å². The van der Waals surface area contributed by atoms with E-state index in [1.165, 1.54) is 17.4 Å². The lowest BCUT2D eigenvalue weighted by atomic mass is 10.2. The van der Waals surface area contributed by atoms with Crippen LogP contribution in [0.5, 0.6) is 0 Å². The monoisotopic (exact) mass is 283 g/mol. The highest BCUT2D eigenvalue weighted by molar-refractivity contribution is 7.89. The molecule has 0 bridgehead atoms. The van der Waals surface area contributed by atoms with E-state index in [2.05, 4.69) is 4.72 Å². The van der Waals surface area contributed by atoms with Gasteiger partial charge in [0.1, 0.15) is 0 Å². The molecular formula is C12H13NO3S2. The number of thiophene rings is 1. The molecule has 96 valence electrons. The van der Waals surface area contributed by atoms with Crippen LogP contribution in [0.25, 0.3) is 0 Å². The Kier molecular flexibility index (Phi) is 4.13. The van der Waals surface area contributed by atoms with Crippen LogP contribution >= 0.6 is 11.3 Å². The van der Waals surface area contributed by atoms with E-state index >= 15 is 0 Å². The summed E-state index contributed by atoms with van der Waals surface area (Å²) >= 11 is 1.52. The molecule has 2 rings (SSSR count). The smallest absolute Gasteiger partial charge is 0.241 e. The van der Waals surface area contributed by atoms with Gasteiger partial charge in [0.2, 0.25) is 10.0 Å². The molecule has 0 aliphatic rings. The van der Waals surface area contributed by atoms with Crippen LogP contribution in [0, 0.1) is 0 Å². The fourth-order valence-electron chi connectivity index (χ4n) is 1.55. The summed E-state index contributed by atoms with van der Waals surface area (Å²) in [6.45, 7) is -0.0405. The molecule has 0 saturated carbocycles. The van der Waals surface area contributed by atoms with Crippen LogP contribution in [0.1, 0.15) is 11.1 Å². The Morgan fingerprint density at radius 3 is 2.67 bits per heavy atom. The van der Waals surface area contributed by atoms with Crippen molar-refractivity contribution in [3.8, 4) is 0 Å². The Labute approximate surface area is 110 Å². The number of rotatable bonds is 5. The number of hydrogen-bond acceptors (Lipinski definition) is 4. The summed E-state index contributed by atoms with van der Waals surface area (Å²) in [7, 11) is -3.58. The summed E-state index contributed by atoms with van der Waals surface area (Å²) in [5, 5.41) is 12.9. The summed E-state index contributed by atoms with van der Waals surface area (Å²) in [5.41, 5.74) is 1.32. The Balaban J connectivity index is 2.20. The predicted molar refractivity (Wildman–Crippen MR) is 70.7 cm³/mol. The van der Waals surface area contributed by atoms with Crippen LogP contribution in [-0.2, 0) is 23.2 Å². The number of nitrogens with one attached hydrogen (secondary N) is 1. The van der Waals surface area contributed by atoms with Crippen molar-refractivity contribution in [2.75, 3.05) is 0 Å². The maximum Gasteiger partial charge on any atom is 0.241 e. The third-order valence-corrected chi connectivity index (χ3v) is 4.71. The van der Waals surface area contributed by atoms with Gasteiger partial charge in [-0.15, -0.1) is 0 Å². The molecule has 0 atom stereocenters. The molecular weight excluding hydrogens is 270 g/mol. The van der Waals surface area contributed by atoms with Crippen LogP contribution in [0.4, 0.5) is 0 Å². The van der Waals surface area contributed by atoms with Gasteiger partial charge in [-0.1, -0.05) is 18.2 Å². The number of hydrogen-bond donors (Lipinski definition) is 2. The van der Waals surface area contributed by atoms with Gasteiger partial charge in [-0.2, -0.15) is 11.3 Å². The molecule has 4 nitrogen and oxygen atoms in total. The molecule has 0 fully saturated rings. The zero-order chi connectivity index (χ0) is 13.0. The van der Waals surface area contributed by atoms with E-state index in [0.29, 0.717) is 5.56 Å². The van der Waals surface area contributed by atoms with E-state index in [-0.39, 0.29) is 18.0 Å². The van der Waals surface area contributed by atoms with Gasteiger partial charge in [0.25, 0.3) is 0 Å². The van der Waals surface area contributed by atoms with Crippen molar-refractivity contribution in [3.05, 3.63) is 52.2 Å². The standard InChI is InChI=1S/C12H13NO3S2/c14-8-11-3-1-2-4-12(11)18(15,16)13-7-10-5-6-17-9-10/h1-6,9,13-14H,7-8H2. The number of aliphatic hydroxyl groups excluding tert-OH is 1. The first kappa shape index (κ1) is 13.2. The SMILES string of the molecule is O=S(=O)(NCc1ccsc1)c1ccccc1CO. The first-order valence-electron chi connectivity index (χ1n) is 5.33. The van der Waals surface area contributed by atoms with E-state index in [4.69, 9.17) is 5.11 Å². The Bertz CT molecular complexity index is 606. The van der Waals surface area contributed by atoms with Gasteiger partial charge < -0.3 is 5.11 Å². The fourth-order valence-corrected chi connectivity index (χ4v) is 3.46. The lowest BCUT2D eigenvalue weighted by Crippen LogP contribution is -2.24. The highest BCUT2D eigenvalue weighted by Gasteiger charge is 2.17. The number of aliphatic hydroxyl groups is 1. The molecule has 2 aromatic rings. The molecule has 0 radical (unpaired) electrons. The zero-order valence-corrected chi connectivity index (χ0v) is 11.2. The Hall–Kier alpha value is -1.21. The normalized spacial score (nSPS) is 11.6. The maximum absolute atomic E-state index is 12.1. The van der Waals surface area contributed by atoms with Crippen molar-refractivity contribution in [2.45, 2.75) is 18.0 Å². The first-order chi connectivity index (χ1) is 8.63. The lowest BCUT2D eigenvalue weighted by molar-refractivity contribution is 0.278. The Morgan fingerprint density at radius 1 is 1.22 bits per heavy atom. The molecule has 1 heterocycles. The molecule has 2 N–H and O–H groups in total. The zero-order valence-electron chi connectivity index (χ0n) is 9.54. The second-order valence-corrected chi connectivity index (χ2v) is 6.24. The lowest BCUT2D eigenvalue weighted by Gasteiger charge is -2.09. The quantitative estimate of drug-likeness (QED) is 0.878. The van der Waals surface area contributed by atoms with Crippen LogP contribution in [0.3, 0.4) is 0 Å². The predicted octanol–water partition coefficient (Wildman–Crippen LogP) is 1.72. The Morgan fingerprint density at radius 2 is 2.00 bits per heavy atom. The van der Waals surface area contributed by atoms with E-state index in [9.17, 15) is 8.42 Å². The molecule has 0 saturated heterocycles. The van der Waals surface area contributed by atoms with E-state index < -0.39 is 10.0 Å². The van der Waals surface area contributed by atoms with Crippen LogP contribution < -0.4 is 4.72 Å². The first-order valence-corrected chi connectivity index (χ1v) is 7.75. The largest absolute Gasteiger partial charge is 0.392 e. The second-order valence-electron chi connectivity index (χ2n) is 3.72. The summed E-state index contributed by atoms with van der Waals surface area (Å²) < 4.78 is 26.7. The summed E-state index contributed by atoms with van der Waals surface area (Å²) in [5.74, 6) is 0. The van der Waals surface area contributed by atoms with Gasteiger partial charge >= 0.3 is 0 Å². The van der Waals surface area contributed by atoms with Crippen LogP contribution in [0.15, 0.2) is 46.0 Å². The van der Waals surface area contributed by atoms with Crippen LogP contribution in [0.2, 0.25) is 0 Å². The van der Waals surface area contributed by atoms with Gasteiger partial charge in [0.05, 0.1) is 11.5 Å². The van der Waals surface area contributed by atoms with Crippen molar-refractivity contribution in [1.29, 1.82) is 0 Å². The van der Waals surface area contributed by atoms with Crippen molar-refractivity contribution in [1.82, 2.24) is 4.72 Å². The summed E-state index contributed by atoms with van der Waals surface area (Å²) in [4.78, 5) is 0.128. The van der Waals surface area contributed by atoms with Gasteiger partial charge in [0.15, 0.2) is 0 Å². The third kappa shape index (κ3) is 2.97. The highest BCUT2D eigenvalue weighted by Crippen LogP contribution is 2.16. The van der Waals surface area contributed by atoms with Gasteiger partial charge in [-0.25, -0.2) is 13.1 Å². The molecule has 0 aliphatic heterocycles. The van der Waals surface area contributed by atoms with Gasteiger partial charge in [0, 0.05) is 6.54 Å². The molecule has 0 aliphatic carbocycles. The molecule has 0 spiro atoms. The van der Waals surface area contributed by atoms with Crippen molar-refractivity contribution < 1.29 is 13.5 Å². The molecule has 1 aromatic carbocycles. The average Bonchev–Trinajstić information content (AvgIpc) is 2.89. The third-order valence-electron chi connectivity index (χ3n) is 2.48. The van der Waals surface area contributed by atoms with Crippen molar-refractivity contribution in [2.24, 2.45) is 0 Å². The molecule has 0 unspecified atom stereocenters. The highest BCUT2D eigenvalue weighted by atomic mass is 32.2. The molecule has 1 aromatic heterocycles. The molecule has 0 amide bonds. The fraction of sp³-hybridized carbons (Fsp3) is 0.167. The van der Waals surface area contributed by atoms with E-state index in [1.807, 2.05) is 16.8 Å². The second kappa shape index (κ2) is 5.62. The van der Waals surface area contributed by atoms with E-state index in [0.717, 1.165) is 5.56 Å². The summed E-state index contributed by atoms with van der Waals surface area (Å²) in [6, 6.07) is 8.29. The molecule has 6 heteroatoms. The van der Waals surface area contributed by atoms with Crippen LogP contribution in [-0.4, -0.2) is 13.5 Å². The van der Waals surface area contributed by atoms with E-state index in [1.54, 1.807) is 18.2 Å². The van der Waals surface area contributed by atoms with Gasteiger partial charge in [-0.3, -0.25) is 0 Å².